The lowest BCUT2D eigenvalue weighted by Crippen LogP contribution is -2.48. The average molecular weight is 457 g/mol. The summed E-state index contributed by atoms with van der Waals surface area (Å²) < 4.78 is 12.5. The molecule has 1 aromatic carbocycles. The second-order valence-corrected chi connectivity index (χ2v) is 9.83. The summed E-state index contributed by atoms with van der Waals surface area (Å²) in [7, 11) is 1.62. The Morgan fingerprint density at radius 3 is 2.48 bits per heavy atom. The molecule has 2 heterocycles. The van der Waals surface area contributed by atoms with Gasteiger partial charge in [-0.05, 0) is 83.7 Å². The van der Waals surface area contributed by atoms with Crippen LogP contribution in [0.3, 0.4) is 0 Å². The van der Waals surface area contributed by atoms with E-state index < -0.39 is 5.60 Å². The van der Waals surface area contributed by atoms with Gasteiger partial charge in [-0.1, -0.05) is 0 Å². The fraction of sp³-hybridized carbons (Fsp3) is 0.560. The van der Waals surface area contributed by atoms with Gasteiger partial charge in [0.1, 0.15) is 11.4 Å². The van der Waals surface area contributed by atoms with Crippen molar-refractivity contribution in [3.63, 3.8) is 0 Å². The van der Waals surface area contributed by atoms with Gasteiger partial charge in [-0.25, -0.2) is 9.48 Å². The van der Waals surface area contributed by atoms with E-state index in [1.807, 2.05) is 63.8 Å². The van der Waals surface area contributed by atoms with Crippen LogP contribution in [0.15, 0.2) is 36.5 Å². The molecule has 1 unspecified atom stereocenters. The Morgan fingerprint density at radius 1 is 1.18 bits per heavy atom. The maximum absolute atomic E-state index is 13.2. The van der Waals surface area contributed by atoms with Gasteiger partial charge in [-0.2, -0.15) is 5.10 Å². The third-order valence-electron chi connectivity index (χ3n) is 5.66. The highest BCUT2D eigenvalue weighted by Gasteiger charge is 2.31. The van der Waals surface area contributed by atoms with Gasteiger partial charge in [-0.15, -0.1) is 0 Å². The highest BCUT2D eigenvalue weighted by molar-refractivity contribution is 5.92. The summed E-state index contributed by atoms with van der Waals surface area (Å²) in [6, 6.07) is 9.28. The molecule has 0 aliphatic carbocycles. The lowest BCUT2D eigenvalue weighted by Gasteiger charge is -2.37. The van der Waals surface area contributed by atoms with Gasteiger partial charge in [0.25, 0.3) is 5.91 Å². The monoisotopic (exact) mass is 456 g/mol. The molecule has 0 bridgehead atoms. The number of methoxy groups -OCH3 is 1. The number of benzene rings is 1. The van der Waals surface area contributed by atoms with Crippen molar-refractivity contribution in [1.29, 1.82) is 0 Å². The third-order valence-corrected chi connectivity index (χ3v) is 5.66. The summed E-state index contributed by atoms with van der Waals surface area (Å²) >= 11 is 0. The van der Waals surface area contributed by atoms with Crippen LogP contribution >= 0.6 is 0 Å². The van der Waals surface area contributed by atoms with Gasteiger partial charge in [0.2, 0.25) is 0 Å². The molecule has 1 aliphatic rings. The van der Waals surface area contributed by atoms with Gasteiger partial charge in [0.15, 0.2) is 5.69 Å². The highest BCUT2D eigenvalue weighted by Crippen LogP contribution is 2.22. The van der Waals surface area contributed by atoms with Gasteiger partial charge < -0.3 is 19.3 Å². The zero-order valence-corrected chi connectivity index (χ0v) is 20.6. The normalized spacial score (nSPS) is 16.6. The molecule has 33 heavy (non-hydrogen) atoms. The number of carbonyl (C=O) groups excluding carboxylic acids is 2. The van der Waals surface area contributed by atoms with E-state index in [2.05, 4.69) is 5.10 Å². The molecule has 0 spiro atoms. The first-order valence-corrected chi connectivity index (χ1v) is 11.6. The molecule has 1 fully saturated rings. The Kier molecular flexibility index (Phi) is 7.66. The van der Waals surface area contributed by atoms with Gasteiger partial charge in [0, 0.05) is 31.9 Å². The molecule has 2 aromatic rings. The van der Waals surface area contributed by atoms with Crippen LogP contribution in [-0.4, -0.2) is 70.0 Å². The largest absolute Gasteiger partial charge is 0.497 e. The van der Waals surface area contributed by atoms with Crippen molar-refractivity contribution in [1.82, 2.24) is 19.6 Å². The molecule has 1 aromatic heterocycles. The number of ether oxygens (including phenoxy) is 2. The maximum atomic E-state index is 13.2. The van der Waals surface area contributed by atoms with Crippen molar-refractivity contribution in [2.45, 2.75) is 59.1 Å². The maximum Gasteiger partial charge on any atom is 0.410 e. The van der Waals surface area contributed by atoms with Gasteiger partial charge >= 0.3 is 6.09 Å². The predicted molar refractivity (Wildman–Crippen MR) is 127 cm³/mol. The van der Waals surface area contributed by atoms with Crippen LogP contribution in [0.4, 0.5) is 4.79 Å². The second-order valence-electron chi connectivity index (χ2n) is 9.83. The number of piperidine rings is 1. The molecular formula is C25H36N4O4. The van der Waals surface area contributed by atoms with Gasteiger partial charge in [0.05, 0.1) is 12.8 Å². The minimum atomic E-state index is -0.540. The number of hydrogen-bond acceptors (Lipinski definition) is 5. The summed E-state index contributed by atoms with van der Waals surface area (Å²) in [5.74, 6) is 0.880. The van der Waals surface area contributed by atoms with Crippen LogP contribution in [0.2, 0.25) is 0 Å². The first kappa shape index (κ1) is 24.6. The summed E-state index contributed by atoms with van der Waals surface area (Å²) in [5.41, 5.74) is 0.734. The van der Waals surface area contributed by atoms with E-state index in [4.69, 9.17) is 9.47 Å². The van der Waals surface area contributed by atoms with Crippen LogP contribution in [-0.2, 0) is 4.74 Å². The van der Waals surface area contributed by atoms with Crippen LogP contribution < -0.4 is 4.74 Å². The van der Waals surface area contributed by atoms with Crippen LogP contribution in [0.25, 0.3) is 5.69 Å². The van der Waals surface area contributed by atoms with Crippen molar-refractivity contribution >= 4 is 12.0 Å². The SMILES string of the molecule is COc1ccc(-n2ccc(C(=O)N3CCCC(CN(C(=O)OC(C)(C)C)C(C)C)C3)n2)cc1. The lowest BCUT2D eigenvalue weighted by atomic mass is 9.96. The first-order chi connectivity index (χ1) is 15.6. The van der Waals surface area contributed by atoms with E-state index in [1.54, 1.807) is 29.0 Å². The van der Waals surface area contributed by atoms with Crippen molar-refractivity contribution in [2.75, 3.05) is 26.7 Å². The number of aromatic nitrogens is 2. The number of rotatable bonds is 6. The summed E-state index contributed by atoms with van der Waals surface area (Å²) in [6.45, 7) is 11.4. The van der Waals surface area contributed by atoms with E-state index >= 15 is 0 Å². The molecule has 1 aliphatic heterocycles. The molecule has 0 saturated carbocycles. The summed E-state index contributed by atoms with van der Waals surface area (Å²) in [6.07, 6.45) is 3.35. The lowest BCUT2D eigenvalue weighted by molar-refractivity contribution is 0.0123. The zero-order chi connectivity index (χ0) is 24.2. The molecule has 8 nitrogen and oxygen atoms in total. The second kappa shape index (κ2) is 10.3. The Bertz CT molecular complexity index is 946. The molecule has 8 heteroatoms. The predicted octanol–water partition coefficient (Wildman–Crippen LogP) is 4.38. The molecule has 2 amide bonds. The molecule has 180 valence electrons. The molecule has 0 N–H and O–H groups in total. The number of hydrogen-bond donors (Lipinski definition) is 0. The van der Waals surface area contributed by atoms with Crippen LogP contribution in [0, 0.1) is 5.92 Å². The molecule has 3 rings (SSSR count). The van der Waals surface area contributed by atoms with E-state index in [0.29, 0.717) is 25.3 Å². The molecule has 1 saturated heterocycles. The number of likely N-dealkylation sites (tertiary alicyclic amines) is 1. The zero-order valence-electron chi connectivity index (χ0n) is 20.6. The van der Waals surface area contributed by atoms with Crippen molar-refractivity contribution < 1.29 is 19.1 Å². The minimum absolute atomic E-state index is 0.0196. The fourth-order valence-electron chi connectivity index (χ4n) is 3.97. The molecule has 1 atom stereocenters. The van der Waals surface area contributed by atoms with E-state index in [9.17, 15) is 9.59 Å². The Hall–Kier alpha value is -3.03. The van der Waals surface area contributed by atoms with Crippen molar-refractivity contribution in [3.05, 3.63) is 42.2 Å². The fourth-order valence-corrected chi connectivity index (χ4v) is 3.97. The number of carbonyl (C=O) groups is 2. The third kappa shape index (κ3) is 6.49. The quantitative estimate of drug-likeness (QED) is 0.645. The van der Waals surface area contributed by atoms with Crippen molar-refractivity contribution in [2.24, 2.45) is 5.92 Å². The van der Waals surface area contributed by atoms with Crippen molar-refractivity contribution in [3.8, 4) is 11.4 Å². The standard InChI is InChI=1S/C25H36N4O4/c1-18(2)28(24(31)33-25(3,4)5)17-19-8-7-14-27(16-19)23(30)22-13-15-29(26-22)20-9-11-21(32-6)12-10-20/h9-13,15,18-19H,7-8,14,16-17H2,1-6H3. The Morgan fingerprint density at radius 2 is 1.88 bits per heavy atom. The molecular weight excluding hydrogens is 420 g/mol. The number of amides is 2. The van der Waals surface area contributed by atoms with E-state index in [0.717, 1.165) is 24.3 Å². The van der Waals surface area contributed by atoms with Crippen LogP contribution in [0.5, 0.6) is 5.75 Å². The van der Waals surface area contributed by atoms with E-state index in [1.165, 1.54) is 0 Å². The minimum Gasteiger partial charge on any atom is -0.497 e. The summed E-state index contributed by atoms with van der Waals surface area (Å²) in [5, 5.41) is 4.49. The Balaban J connectivity index is 1.65. The molecule has 0 radical (unpaired) electrons. The topological polar surface area (TPSA) is 76.9 Å². The number of nitrogens with zero attached hydrogens (tertiary/aromatic N) is 4. The summed E-state index contributed by atoms with van der Waals surface area (Å²) in [4.78, 5) is 29.5. The smallest absolute Gasteiger partial charge is 0.410 e. The van der Waals surface area contributed by atoms with Crippen LogP contribution in [0.1, 0.15) is 57.9 Å². The average Bonchev–Trinajstić information content (AvgIpc) is 3.26. The highest BCUT2D eigenvalue weighted by atomic mass is 16.6. The first-order valence-electron chi connectivity index (χ1n) is 11.6. The Labute approximate surface area is 196 Å². The van der Waals surface area contributed by atoms with Gasteiger partial charge in [-0.3, -0.25) is 4.79 Å². The van der Waals surface area contributed by atoms with E-state index in [-0.39, 0.29) is 24.0 Å².